The monoisotopic (exact) mass is 302 g/mol. The molecule has 2 N–H and O–H groups in total. The number of ether oxygens (including phenoxy) is 1. The summed E-state index contributed by atoms with van der Waals surface area (Å²) in [4.78, 5) is 12.6. The molecule has 6 nitrogen and oxygen atoms in total. The highest BCUT2D eigenvalue weighted by Crippen LogP contribution is 2.25. The molecule has 22 heavy (non-hydrogen) atoms. The van der Waals surface area contributed by atoms with Gasteiger partial charge in [-0.1, -0.05) is 0 Å². The van der Waals surface area contributed by atoms with E-state index in [1.54, 1.807) is 4.57 Å². The van der Waals surface area contributed by atoms with E-state index in [4.69, 9.17) is 4.74 Å². The molecule has 0 radical (unpaired) electrons. The molecule has 0 saturated carbocycles. The minimum absolute atomic E-state index is 0.0613. The van der Waals surface area contributed by atoms with Gasteiger partial charge in [-0.05, 0) is 31.5 Å². The molecule has 2 aliphatic rings. The number of fused-ring (bicyclic) bond motifs is 1. The Morgan fingerprint density at radius 1 is 1.18 bits per heavy atom. The van der Waals surface area contributed by atoms with Crippen molar-refractivity contribution in [2.24, 2.45) is 7.05 Å². The van der Waals surface area contributed by atoms with E-state index in [-0.39, 0.29) is 17.8 Å². The Morgan fingerprint density at radius 2 is 2.05 bits per heavy atom. The molecule has 2 aromatic rings. The maximum absolute atomic E-state index is 12.6. The van der Waals surface area contributed by atoms with Crippen LogP contribution in [0.5, 0.6) is 5.75 Å². The Balaban J connectivity index is 1.74. The molecule has 1 unspecified atom stereocenters. The number of nitrogens with zero attached hydrogens (tertiary/aromatic N) is 2. The molecule has 4 rings (SSSR count). The maximum Gasteiger partial charge on any atom is 0.329 e. The summed E-state index contributed by atoms with van der Waals surface area (Å²) in [5, 5.41) is 6.58. The molecule has 2 fully saturated rings. The lowest BCUT2D eigenvalue weighted by Gasteiger charge is -2.27. The molecule has 2 saturated heterocycles. The largest absolute Gasteiger partial charge is 0.488 e. The number of hydrogen-bond acceptors (Lipinski definition) is 4. The second-order valence-electron chi connectivity index (χ2n) is 6.26. The summed E-state index contributed by atoms with van der Waals surface area (Å²) in [6.07, 6.45) is 2.42. The van der Waals surface area contributed by atoms with Crippen molar-refractivity contribution in [2.45, 2.75) is 25.0 Å². The Bertz CT molecular complexity index is 738. The fraction of sp³-hybridized carbons (Fsp3) is 0.562. The number of hydrogen-bond donors (Lipinski definition) is 2. The van der Waals surface area contributed by atoms with Gasteiger partial charge in [0.15, 0.2) is 0 Å². The van der Waals surface area contributed by atoms with E-state index in [0.717, 1.165) is 55.8 Å². The second-order valence-corrected chi connectivity index (χ2v) is 6.26. The van der Waals surface area contributed by atoms with Gasteiger partial charge in [-0.2, -0.15) is 0 Å². The van der Waals surface area contributed by atoms with Gasteiger partial charge in [0, 0.05) is 32.7 Å². The lowest BCUT2D eigenvalue weighted by Crippen LogP contribution is -2.50. The van der Waals surface area contributed by atoms with Crippen LogP contribution in [0.1, 0.15) is 18.9 Å². The van der Waals surface area contributed by atoms with Gasteiger partial charge in [0.2, 0.25) is 0 Å². The standard InChI is InChI=1S/C16H22N4O2/c1-19-15-7-12(22-13-9-18-10-13)4-5-14(15)20(16(19)21)11-3-2-6-17-8-11/h4-5,7,11,13,17-18H,2-3,6,8-10H2,1H3. The average molecular weight is 302 g/mol. The summed E-state index contributed by atoms with van der Waals surface area (Å²) in [7, 11) is 1.84. The molecule has 1 atom stereocenters. The van der Waals surface area contributed by atoms with Gasteiger partial charge in [-0.25, -0.2) is 4.79 Å². The van der Waals surface area contributed by atoms with E-state index >= 15 is 0 Å². The Labute approximate surface area is 129 Å². The van der Waals surface area contributed by atoms with Crippen LogP contribution in [-0.2, 0) is 7.05 Å². The van der Waals surface area contributed by atoms with Gasteiger partial charge in [-0.15, -0.1) is 0 Å². The molecule has 0 bridgehead atoms. The lowest BCUT2D eigenvalue weighted by molar-refractivity contribution is 0.142. The van der Waals surface area contributed by atoms with Crippen LogP contribution in [-0.4, -0.2) is 41.4 Å². The topological polar surface area (TPSA) is 60.2 Å². The molecular formula is C16H22N4O2. The minimum atomic E-state index is 0.0613. The van der Waals surface area contributed by atoms with Crippen molar-refractivity contribution in [1.82, 2.24) is 19.8 Å². The van der Waals surface area contributed by atoms with Gasteiger partial charge < -0.3 is 15.4 Å². The van der Waals surface area contributed by atoms with E-state index in [9.17, 15) is 4.79 Å². The zero-order valence-electron chi connectivity index (χ0n) is 12.8. The van der Waals surface area contributed by atoms with Crippen molar-refractivity contribution in [1.29, 1.82) is 0 Å². The van der Waals surface area contributed by atoms with Gasteiger partial charge >= 0.3 is 5.69 Å². The number of imidazole rings is 1. The molecule has 6 heteroatoms. The fourth-order valence-electron chi connectivity index (χ4n) is 3.36. The Hall–Kier alpha value is -1.79. The van der Waals surface area contributed by atoms with Gasteiger partial charge in [0.1, 0.15) is 11.9 Å². The predicted molar refractivity (Wildman–Crippen MR) is 85.6 cm³/mol. The summed E-state index contributed by atoms with van der Waals surface area (Å²) in [6, 6.07) is 6.23. The molecule has 0 amide bonds. The van der Waals surface area contributed by atoms with E-state index < -0.39 is 0 Å². The number of aromatic nitrogens is 2. The highest BCUT2D eigenvalue weighted by Gasteiger charge is 2.22. The highest BCUT2D eigenvalue weighted by molar-refractivity contribution is 5.78. The lowest BCUT2D eigenvalue weighted by atomic mass is 10.1. The number of nitrogens with one attached hydrogen (secondary N) is 2. The van der Waals surface area contributed by atoms with Gasteiger partial charge in [-0.3, -0.25) is 9.13 Å². The maximum atomic E-state index is 12.6. The van der Waals surface area contributed by atoms with Crippen LogP contribution in [0.2, 0.25) is 0 Å². The predicted octanol–water partition coefficient (Wildman–Crippen LogP) is 0.615. The van der Waals surface area contributed by atoms with Crippen LogP contribution in [0.4, 0.5) is 0 Å². The normalized spacial score (nSPS) is 22.7. The SMILES string of the molecule is Cn1c(=O)n(C2CCCNC2)c2ccc(OC3CNC3)cc21. The number of aryl methyl sites for hydroxylation is 1. The zero-order chi connectivity index (χ0) is 15.1. The first kappa shape index (κ1) is 13.8. The van der Waals surface area contributed by atoms with Crippen LogP contribution in [0.15, 0.2) is 23.0 Å². The molecule has 0 spiro atoms. The smallest absolute Gasteiger partial charge is 0.329 e. The first-order valence-electron chi connectivity index (χ1n) is 8.03. The molecular weight excluding hydrogens is 280 g/mol. The van der Waals surface area contributed by atoms with Crippen molar-refractivity contribution in [3.63, 3.8) is 0 Å². The van der Waals surface area contributed by atoms with Gasteiger partial charge in [0.05, 0.1) is 17.1 Å². The van der Waals surface area contributed by atoms with E-state index in [1.165, 1.54) is 0 Å². The van der Waals surface area contributed by atoms with Crippen molar-refractivity contribution >= 4 is 11.0 Å². The second kappa shape index (κ2) is 5.44. The van der Waals surface area contributed by atoms with Crippen LogP contribution < -0.4 is 21.1 Å². The number of rotatable bonds is 3. The van der Waals surface area contributed by atoms with Crippen molar-refractivity contribution in [3.8, 4) is 5.75 Å². The number of piperidine rings is 1. The van der Waals surface area contributed by atoms with Crippen LogP contribution in [0.25, 0.3) is 11.0 Å². The quantitative estimate of drug-likeness (QED) is 0.872. The van der Waals surface area contributed by atoms with Crippen molar-refractivity contribution in [2.75, 3.05) is 26.2 Å². The third-order valence-electron chi connectivity index (χ3n) is 4.74. The van der Waals surface area contributed by atoms with Crippen LogP contribution in [0, 0.1) is 0 Å². The summed E-state index contributed by atoms with van der Waals surface area (Å²) < 4.78 is 9.58. The highest BCUT2D eigenvalue weighted by atomic mass is 16.5. The van der Waals surface area contributed by atoms with E-state index in [2.05, 4.69) is 10.6 Å². The number of benzene rings is 1. The van der Waals surface area contributed by atoms with Crippen molar-refractivity contribution in [3.05, 3.63) is 28.7 Å². The average Bonchev–Trinajstić information content (AvgIpc) is 2.76. The summed E-state index contributed by atoms with van der Waals surface area (Å²) in [5.41, 5.74) is 2.01. The zero-order valence-corrected chi connectivity index (χ0v) is 12.8. The fourth-order valence-corrected chi connectivity index (χ4v) is 3.36. The molecule has 3 heterocycles. The van der Waals surface area contributed by atoms with E-state index in [0.29, 0.717) is 0 Å². The summed E-state index contributed by atoms with van der Waals surface area (Å²) in [5.74, 6) is 0.841. The Kier molecular flexibility index (Phi) is 3.43. The van der Waals surface area contributed by atoms with Gasteiger partial charge in [0.25, 0.3) is 0 Å². The molecule has 1 aromatic heterocycles. The Morgan fingerprint density at radius 3 is 2.73 bits per heavy atom. The molecule has 0 aliphatic carbocycles. The molecule has 2 aliphatic heterocycles. The first-order chi connectivity index (χ1) is 10.7. The molecule has 118 valence electrons. The first-order valence-corrected chi connectivity index (χ1v) is 8.03. The third-order valence-corrected chi connectivity index (χ3v) is 4.74. The van der Waals surface area contributed by atoms with Crippen molar-refractivity contribution < 1.29 is 4.74 Å². The van der Waals surface area contributed by atoms with Crippen LogP contribution >= 0.6 is 0 Å². The minimum Gasteiger partial charge on any atom is -0.488 e. The van der Waals surface area contributed by atoms with E-state index in [1.807, 2.05) is 29.8 Å². The van der Waals surface area contributed by atoms with Crippen LogP contribution in [0.3, 0.4) is 0 Å². The third kappa shape index (κ3) is 2.23. The summed E-state index contributed by atoms with van der Waals surface area (Å²) in [6.45, 7) is 3.70. The summed E-state index contributed by atoms with van der Waals surface area (Å²) >= 11 is 0. The molecule has 1 aromatic carbocycles.